The van der Waals surface area contributed by atoms with Crippen LogP contribution in [0.2, 0.25) is 0 Å². The van der Waals surface area contributed by atoms with Gasteiger partial charge in [-0.1, -0.05) is 29.8 Å². The highest BCUT2D eigenvalue weighted by Gasteiger charge is 2.05. The van der Waals surface area contributed by atoms with E-state index in [2.05, 4.69) is 4.98 Å². The number of pyridine rings is 1. The molecule has 0 atom stereocenters. The first-order chi connectivity index (χ1) is 7.70. The van der Waals surface area contributed by atoms with Gasteiger partial charge in [0.1, 0.15) is 0 Å². The number of aryl methyl sites for hydroxylation is 2. The summed E-state index contributed by atoms with van der Waals surface area (Å²) in [4.78, 5) is 15.3. The van der Waals surface area contributed by atoms with Gasteiger partial charge in [-0.3, -0.25) is 9.78 Å². The first-order valence-corrected chi connectivity index (χ1v) is 5.19. The molecule has 0 aliphatic heterocycles. The van der Waals surface area contributed by atoms with Crippen molar-refractivity contribution in [3.63, 3.8) is 0 Å². The van der Waals surface area contributed by atoms with E-state index in [-0.39, 0.29) is 0 Å². The van der Waals surface area contributed by atoms with E-state index in [0.29, 0.717) is 5.56 Å². The number of nitrogens with zero attached hydrogens (tertiary/aromatic N) is 1. The van der Waals surface area contributed by atoms with Crippen LogP contribution in [-0.2, 0) is 0 Å². The number of benzene rings is 1. The van der Waals surface area contributed by atoms with Gasteiger partial charge >= 0.3 is 0 Å². The molecular weight excluding hydrogens is 198 g/mol. The van der Waals surface area contributed by atoms with Crippen LogP contribution in [-0.4, -0.2) is 11.3 Å². The summed E-state index contributed by atoms with van der Waals surface area (Å²) in [7, 11) is 0. The molecule has 0 saturated carbocycles. The molecule has 0 bridgehead atoms. The van der Waals surface area contributed by atoms with Gasteiger partial charge in [0.15, 0.2) is 6.29 Å². The fourth-order valence-electron chi connectivity index (χ4n) is 1.63. The molecule has 0 aliphatic rings. The van der Waals surface area contributed by atoms with Crippen molar-refractivity contribution in [3.8, 4) is 11.3 Å². The lowest BCUT2D eigenvalue weighted by Gasteiger charge is -2.05. The predicted molar refractivity (Wildman–Crippen MR) is 64.5 cm³/mol. The summed E-state index contributed by atoms with van der Waals surface area (Å²) in [5.41, 5.74) is 4.57. The van der Waals surface area contributed by atoms with E-state index < -0.39 is 0 Å². The third-order valence-electron chi connectivity index (χ3n) is 2.51. The van der Waals surface area contributed by atoms with E-state index >= 15 is 0 Å². The van der Waals surface area contributed by atoms with Crippen LogP contribution >= 0.6 is 0 Å². The van der Waals surface area contributed by atoms with E-state index in [1.54, 1.807) is 6.20 Å². The molecule has 2 nitrogen and oxygen atoms in total. The molecule has 0 fully saturated rings. The Hall–Kier alpha value is -1.96. The third-order valence-corrected chi connectivity index (χ3v) is 2.51. The third kappa shape index (κ3) is 2.01. The Labute approximate surface area is 95.0 Å². The van der Waals surface area contributed by atoms with E-state index in [9.17, 15) is 4.79 Å². The van der Waals surface area contributed by atoms with Crippen molar-refractivity contribution in [1.82, 2.24) is 4.98 Å². The first-order valence-electron chi connectivity index (χ1n) is 5.19. The number of carbonyl (C=O) groups excluding carboxylic acids is 1. The smallest absolute Gasteiger partial charge is 0.152 e. The normalized spacial score (nSPS) is 10.1. The minimum Gasteiger partial charge on any atom is -0.298 e. The predicted octanol–water partition coefficient (Wildman–Crippen LogP) is 3.18. The van der Waals surface area contributed by atoms with Crippen molar-refractivity contribution in [2.75, 3.05) is 0 Å². The minimum atomic E-state index is 0.642. The standard InChI is InChI=1S/C14H13NO/c1-10-3-5-12(6-4-10)14-13(9-16)7-11(2)8-15-14/h3-9H,1-2H3. The molecule has 0 unspecified atom stereocenters. The molecule has 1 aromatic carbocycles. The fraction of sp³-hybridized carbons (Fsp3) is 0.143. The van der Waals surface area contributed by atoms with Gasteiger partial charge in [0, 0.05) is 17.3 Å². The number of hydrogen-bond acceptors (Lipinski definition) is 2. The maximum Gasteiger partial charge on any atom is 0.152 e. The Bertz CT molecular complexity index is 515. The van der Waals surface area contributed by atoms with Gasteiger partial charge in [-0.2, -0.15) is 0 Å². The lowest BCUT2D eigenvalue weighted by molar-refractivity contribution is 0.112. The summed E-state index contributed by atoms with van der Waals surface area (Å²) >= 11 is 0. The van der Waals surface area contributed by atoms with Crippen LogP contribution < -0.4 is 0 Å². The Morgan fingerprint density at radius 1 is 1.06 bits per heavy atom. The molecule has 0 amide bonds. The van der Waals surface area contributed by atoms with Gasteiger partial charge < -0.3 is 0 Å². The van der Waals surface area contributed by atoms with Gasteiger partial charge in [-0.05, 0) is 25.5 Å². The van der Waals surface area contributed by atoms with E-state index in [1.807, 2.05) is 44.2 Å². The second kappa shape index (κ2) is 4.27. The Balaban J connectivity index is 2.55. The van der Waals surface area contributed by atoms with Crippen molar-refractivity contribution >= 4 is 6.29 Å². The van der Waals surface area contributed by atoms with Crippen LogP contribution in [0.3, 0.4) is 0 Å². The molecule has 0 N–H and O–H groups in total. The highest BCUT2D eigenvalue weighted by molar-refractivity contribution is 5.85. The van der Waals surface area contributed by atoms with Crippen LogP contribution in [0.25, 0.3) is 11.3 Å². The molecule has 80 valence electrons. The molecule has 0 radical (unpaired) electrons. The van der Waals surface area contributed by atoms with Crippen molar-refractivity contribution in [2.24, 2.45) is 0 Å². The Morgan fingerprint density at radius 2 is 1.75 bits per heavy atom. The number of carbonyl (C=O) groups is 1. The number of aromatic nitrogens is 1. The maximum atomic E-state index is 11.0. The summed E-state index contributed by atoms with van der Waals surface area (Å²) in [6, 6.07) is 9.87. The molecule has 1 aromatic heterocycles. The SMILES string of the molecule is Cc1ccc(-c2ncc(C)cc2C=O)cc1. The van der Waals surface area contributed by atoms with E-state index in [0.717, 1.165) is 23.1 Å². The molecular formula is C14H13NO. The van der Waals surface area contributed by atoms with Crippen molar-refractivity contribution in [1.29, 1.82) is 0 Å². The van der Waals surface area contributed by atoms with E-state index in [4.69, 9.17) is 0 Å². The van der Waals surface area contributed by atoms with Crippen LogP contribution in [0, 0.1) is 13.8 Å². The molecule has 2 aromatic rings. The zero-order valence-electron chi connectivity index (χ0n) is 9.40. The lowest BCUT2D eigenvalue weighted by Crippen LogP contribution is -1.92. The molecule has 0 spiro atoms. The van der Waals surface area contributed by atoms with Crippen LogP contribution in [0.4, 0.5) is 0 Å². The average molecular weight is 211 g/mol. The molecule has 2 heteroatoms. The highest BCUT2D eigenvalue weighted by Crippen LogP contribution is 2.21. The second-order valence-electron chi connectivity index (χ2n) is 3.93. The number of hydrogen-bond donors (Lipinski definition) is 0. The summed E-state index contributed by atoms with van der Waals surface area (Å²) < 4.78 is 0. The molecule has 0 aliphatic carbocycles. The minimum absolute atomic E-state index is 0.642. The highest BCUT2D eigenvalue weighted by atomic mass is 16.1. The maximum absolute atomic E-state index is 11.0. The average Bonchev–Trinajstić information content (AvgIpc) is 2.30. The number of rotatable bonds is 2. The summed E-state index contributed by atoms with van der Waals surface area (Å²) in [5.74, 6) is 0. The van der Waals surface area contributed by atoms with Gasteiger partial charge in [0.25, 0.3) is 0 Å². The second-order valence-corrected chi connectivity index (χ2v) is 3.93. The van der Waals surface area contributed by atoms with Gasteiger partial charge in [0.05, 0.1) is 5.69 Å². The van der Waals surface area contributed by atoms with Gasteiger partial charge in [0.2, 0.25) is 0 Å². The van der Waals surface area contributed by atoms with Crippen molar-refractivity contribution in [2.45, 2.75) is 13.8 Å². The quantitative estimate of drug-likeness (QED) is 0.714. The van der Waals surface area contributed by atoms with Gasteiger partial charge in [-0.15, -0.1) is 0 Å². The first kappa shape index (κ1) is 10.6. The summed E-state index contributed by atoms with van der Waals surface area (Å²) in [6.45, 7) is 3.96. The summed E-state index contributed by atoms with van der Waals surface area (Å²) in [5, 5.41) is 0. The van der Waals surface area contributed by atoms with Crippen molar-refractivity contribution < 1.29 is 4.79 Å². The zero-order valence-corrected chi connectivity index (χ0v) is 9.40. The monoisotopic (exact) mass is 211 g/mol. The topological polar surface area (TPSA) is 30.0 Å². The van der Waals surface area contributed by atoms with E-state index in [1.165, 1.54) is 5.56 Å². The molecule has 16 heavy (non-hydrogen) atoms. The molecule has 1 heterocycles. The lowest BCUT2D eigenvalue weighted by atomic mass is 10.0. The van der Waals surface area contributed by atoms with Crippen molar-refractivity contribution in [3.05, 3.63) is 53.2 Å². The van der Waals surface area contributed by atoms with Gasteiger partial charge in [-0.25, -0.2) is 0 Å². The Kier molecular flexibility index (Phi) is 2.82. The fourth-order valence-corrected chi connectivity index (χ4v) is 1.63. The Morgan fingerprint density at radius 3 is 2.38 bits per heavy atom. The summed E-state index contributed by atoms with van der Waals surface area (Å²) in [6.07, 6.45) is 2.64. The molecule has 0 saturated heterocycles. The largest absolute Gasteiger partial charge is 0.298 e. The van der Waals surface area contributed by atoms with Crippen LogP contribution in [0.15, 0.2) is 36.5 Å². The van der Waals surface area contributed by atoms with Crippen LogP contribution in [0.1, 0.15) is 21.5 Å². The van der Waals surface area contributed by atoms with Crippen LogP contribution in [0.5, 0.6) is 0 Å². The number of aldehydes is 1. The zero-order chi connectivity index (χ0) is 11.5. The molecule has 2 rings (SSSR count).